The molecule has 0 bridgehead atoms. The number of fused-ring (bicyclic) bond motifs is 6. The summed E-state index contributed by atoms with van der Waals surface area (Å²) in [4.78, 5) is 4.99. The quantitative estimate of drug-likeness (QED) is 0.0703. The molecule has 0 radical (unpaired) electrons. The van der Waals surface area contributed by atoms with Gasteiger partial charge in [-0.05, 0) is 236 Å². The Balaban J connectivity index is 0.855. The maximum absolute atomic E-state index is 2.50. The molecule has 0 amide bonds. The van der Waals surface area contributed by atoms with E-state index in [0.717, 1.165) is 77.9 Å². The first-order valence-corrected chi connectivity index (χ1v) is 37.7. The first-order valence-electron chi connectivity index (χ1n) is 37.7. The number of nitrogens with zero attached hydrogens (tertiary/aromatic N) is 2. The minimum Gasteiger partial charge on any atom is -0.309 e. The summed E-state index contributed by atoms with van der Waals surface area (Å²) in [5, 5.41) is 14.1. The Morgan fingerprint density at radius 3 is 0.519 bits per heavy atom. The third kappa shape index (κ3) is 13.1. The van der Waals surface area contributed by atoms with Gasteiger partial charge in [0.05, 0.1) is 11.4 Å². The maximum atomic E-state index is 2.50. The molecule has 2 nitrogen and oxygen atoms in total. The molecule has 0 aliphatic rings. The molecular weight excluding hydrogens is 1300 g/mol. The van der Waals surface area contributed by atoms with Crippen LogP contribution in [0.25, 0.3) is 133 Å². The smallest absolute Gasteiger partial charge is 0.0618 e. The van der Waals surface area contributed by atoms with Gasteiger partial charge in [-0.15, -0.1) is 0 Å². The summed E-state index contributed by atoms with van der Waals surface area (Å²) in [6, 6.07) is 127. The Kier molecular flexibility index (Phi) is 18.3. The molecule has 518 valence electrons. The molecule has 0 saturated carbocycles. The van der Waals surface area contributed by atoms with Crippen molar-refractivity contribution < 1.29 is 0 Å². The van der Waals surface area contributed by atoms with Crippen molar-refractivity contribution in [2.24, 2.45) is 0 Å². The lowest BCUT2D eigenvalue weighted by Gasteiger charge is -2.31. The summed E-state index contributed by atoms with van der Waals surface area (Å²) in [5.74, 6) is 0. The van der Waals surface area contributed by atoms with E-state index in [0.29, 0.717) is 0 Å². The van der Waals surface area contributed by atoms with E-state index in [4.69, 9.17) is 0 Å². The van der Waals surface area contributed by atoms with Crippen molar-refractivity contribution in [1.29, 1.82) is 0 Å². The summed E-state index contributed by atoms with van der Waals surface area (Å²) in [6.45, 7) is 17.4. The van der Waals surface area contributed by atoms with Crippen molar-refractivity contribution in [2.75, 3.05) is 9.80 Å². The Hall–Kier alpha value is -13.1. The largest absolute Gasteiger partial charge is 0.309 e. The lowest BCUT2D eigenvalue weighted by atomic mass is 9.80. The van der Waals surface area contributed by atoms with Crippen molar-refractivity contribution in [1.82, 2.24) is 0 Å². The van der Waals surface area contributed by atoms with Gasteiger partial charge in [-0.2, -0.15) is 0 Å². The zero-order valence-electron chi connectivity index (χ0n) is 62.5. The van der Waals surface area contributed by atoms with Crippen LogP contribution in [0.15, 0.2) is 340 Å². The van der Waals surface area contributed by atoms with Gasteiger partial charge in [0, 0.05) is 44.3 Å². The molecule has 0 aromatic heterocycles. The maximum Gasteiger partial charge on any atom is 0.0618 e. The summed E-state index contributed by atoms with van der Waals surface area (Å²) >= 11 is 0. The number of aryl methyl sites for hydroxylation is 4. The summed E-state index contributed by atoms with van der Waals surface area (Å²) in [5.41, 5.74) is 30.8. The van der Waals surface area contributed by atoms with Crippen LogP contribution in [0.2, 0.25) is 0 Å². The molecule has 17 rings (SSSR count). The number of hydrogen-bond acceptors (Lipinski definition) is 2. The Morgan fingerprint density at radius 1 is 0.185 bits per heavy atom. The molecule has 0 atom stereocenters. The molecule has 17 aromatic carbocycles. The average molecular weight is 1390 g/mol. The van der Waals surface area contributed by atoms with E-state index in [9.17, 15) is 0 Å². The van der Waals surface area contributed by atoms with Crippen molar-refractivity contribution in [2.45, 2.75) is 55.4 Å². The third-order valence-electron chi connectivity index (χ3n) is 21.9. The lowest BCUT2D eigenvalue weighted by Crippen LogP contribution is -2.12. The zero-order chi connectivity index (χ0) is 73.5. The van der Waals surface area contributed by atoms with Crippen LogP contribution >= 0.6 is 0 Å². The van der Waals surface area contributed by atoms with Crippen LogP contribution in [-0.4, -0.2) is 0 Å². The van der Waals surface area contributed by atoms with E-state index in [2.05, 4.69) is 429 Å². The van der Waals surface area contributed by atoms with E-state index in [1.54, 1.807) is 0 Å². The molecule has 0 spiro atoms. The van der Waals surface area contributed by atoms with Crippen LogP contribution in [-0.2, 0) is 0 Å². The molecule has 0 aliphatic heterocycles. The van der Waals surface area contributed by atoms with Crippen molar-refractivity contribution in [3.8, 4) is 22.3 Å². The second kappa shape index (κ2) is 29.1. The molecule has 17 aromatic rings. The number of hydrogen-bond donors (Lipinski definition) is 0. The Bertz CT molecular complexity index is 5630. The number of benzene rings is 17. The summed E-state index contributed by atoms with van der Waals surface area (Å²) < 4.78 is 0. The van der Waals surface area contributed by atoms with Crippen molar-refractivity contribution >= 4 is 145 Å². The van der Waals surface area contributed by atoms with Crippen LogP contribution in [0, 0.1) is 27.7 Å². The topological polar surface area (TPSA) is 6.48 Å². The highest BCUT2D eigenvalue weighted by Gasteiger charge is 2.29. The van der Waals surface area contributed by atoms with E-state index in [-0.39, 0.29) is 0 Å². The number of allylic oxidation sites excluding steroid dienone is 4. The molecule has 0 heterocycles. The van der Waals surface area contributed by atoms with Gasteiger partial charge in [-0.25, -0.2) is 0 Å². The first kappa shape index (κ1) is 68.0. The predicted molar refractivity (Wildman–Crippen MR) is 471 cm³/mol. The van der Waals surface area contributed by atoms with Crippen LogP contribution < -0.4 is 9.80 Å². The molecule has 0 fully saturated rings. The third-order valence-corrected chi connectivity index (χ3v) is 21.9. The molecule has 108 heavy (non-hydrogen) atoms. The standard InChI is InChI=1S/C106H84N2/c1-69-33-49-81(50-34-69)73(5)65-77-41-57-85(58-42-77)107(86-59-43-78(44-60-86)66-74(6)82-51-35-70(2)36-52-82)105-97-29-17-13-25-93(97)103(94-26-14-18-30-98(94)105)101-89-21-9-11-23-91(89)102(92-24-12-10-22-90(92)101)104-95-27-15-19-31-99(95)106(100-32-20-16-28-96(100)104)108(87-61-45-79(46-62-87)67-75(7)83-53-37-71(3)38-54-83)88-63-47-80(48-64-88)68-76(8)84-55-39-72(4)40-56-84/h9-68H,1-8H3/b73-65+,74-66+,75-67+,76-68+. The second-order valence-electron chi connectivity index (χ2n) is 29.3. The molecule has 0 N–H and O–H groups in total. The van der Waals surface area contributed by atoms with Crippen LogP contribution in [0.4, 0.5) is 34.1 Å². The monoisotopic (exact) mass is 1380 g/mol. The molecule has 0 saturated heterocycles. The van der Waals surface area contributed by atoms with Gasteiger partial charge in [0.1, 0.15) is 0 Å². The highest BCUT2D eigenvalue weighted by molar-refractivity contribution is 6.34. The van der Waals surface area contributed by atoms with Crippen LogP contribution in [0.3, 0.4) is 0 Å². The van der Waals surface area contributed by atoms with Crippen molar-refractivity contribution in [3.63, 3.8) is 0 Å². The first-order chi connectivity index (χ1) is 52.8. The fraction of sp³-hybridized carbons (Fsp3) is 0.0755. The lowest BCUT2D eigenvalue weighted by molar-refractivity contribution is 1.31. The molecule has 0 aliphatic carbocycles. The predicted octanol–water partition coefficient (Wildman–Crippen LogP) is 30.4. The van der Waals surface area contributed by atoms with Gasteiger partial charge in [-0.3, -0.25) is 0 Å². The Labute approximate surface area is 635 Å². The van der Waals surface area contributed by atoms with E-state index in [1.165, 1.54) is 132 Å². The minimum absolute atomic E-state index is 1.07. The number of anilines is 6. The Morgan fingerprint density at radius 2 is 0.343 bits per heavy atom. The average Bonchev–Trinajstić information content (AvgIpc) is 0.703. The van der Waals surface area contributed by atoms with Gasteiger partial charge in [-0.1, -0.05) is 338 Å². The van der Waals surface area contributed by atoms with Gasteiger partial charge in [0.25, 0.3) is 0 Å². The summed E-state index contributed by atoms with van der Waals surface area (Å²) in [7, 11) is 0. The summed E-state index contributed by atoms with van der Waals surface area (Å²) in [6.07, 6.45) is 9.19. The highest BCUT2D eigenvalue weighted by Crippen LogP contribution is 2.55. The van der Waals surface area contributed by atoms with E-state index < -0.39 is 0 Å². The van der Waals surface area contributed by atoms with E-state index in [1.807, 2.05) is 0 Å². The van der Waals surface area contributed by atoms with Gasteiger partial charge in [0.15, 0.2) is 0 Å². The fourth-order valence-corrected chi connectivity index (χ4v) is 16.2. The second-order valence-corrected chi connectivity index (χ2v) is 29.3. The van der Waals surface area contributed by atoms with Gasteiger partial charge in [0.2, 0.25) is 0 Å². The molecule has 0 unspecified atom stereocenters. The van der Waals surface area contributed by atoms with Crippen molar-refractivity contribution in [3.05, 3.63) is 406 Å². The SMILES string of the molecule is C/C(=C\c1ccc(N(c2ccc(/C=C(\C)c3ccc(C)cc3)cc2)c2c3ccccc3c(-c3c4ccccc4c(-c4c5ccccc5c(N(c5ccc(/C=C(\C)c6ccc(C)cc6)cc5)c5ccc(/C=C(\C)c6ccc(C)cc6)cc5)c5ccccc45)c4ccccc34)c3ccccc23)cc1)c1ccc(C)cc1. The number of rotatable bonds is 16. The van der Waals surface area contributed by atoms with Crippen LogP contribution in [0.1, 0.15) is 94.5 Å². The molecule has 2 heteroatoms. The van der Waals surface area contributed by atoms with E-state index >= 15 is 0 Å². The normalized spacial score (nSPS) is 12.3. The fourth-order valence-electron chi connectivity index (χ4n) is 16.2. The van der Waals surface area contributed by atoms with Crippen LogP contribution in [0.5, 0.6) is 0 Å². The van der Waals surface area contributed by atoms with Gasteiger partial charge >= 0.3 is 0 Å². The molecular formula is C106H84N2. The van der Waals surface area contributed by atoms with Gasteiger partial charge < -0.3 is 9.80 Å². The zero-order valence-corrected chi connectivity index (χ0v) is 62.5. The minimum atomic E-state index is 1.07. The highest BCUT2D eigenvalue weighted by atomic mass is 15.2.